The first-order valence-corrected chi connectivity index (χ1v) is 8.21. The van der Waals surface area contributed by atoms with Gasteiger partial charge in [0.15, 0.2) is 12.4 Å². The summed E-state index contributed by atoms with van der Waals surface area (Å²) in [5.74, 6) is -1.14. The average Bonchev–Trinajstić information content (AvgIpc) is 2.62. The molecular weight excluding hydrogens is 365 g/mol. The van der Waals surface area contributed by atoms with E-state index in [4.69, 9.17) is 27.9 Å². The van der Waals surface area contributed by atoms with Crippen molar-refractivity contribution in [3.8, 4) is 0 Å². The monoisotopic (exact) mass is 379 g/mol. The van der Waals surface area contributed by atoms with Crippen LogP contribution in [0.1, 0.15) is 34.1 Å². The largest absolute Gasteiger partial charge is 0.454 e. The molecule has 5 nitrogen and oxygen atoms in total. The molecule has 2 aromatic rings. The van der Waals surface area contributed by atoms with E-state index in [9.17, 15) is 14.4 Å². The normalized spacial score (nSPS) is 10.2. The molecule has 0 spiro atoms. The number of anilines is 1. The molecule has 1 amide bonds. The number of halogens is 2. The first-order chi connectivity index (χ1) is 11.9. The van der Waals surface area contributed by atoms with E-state index in [1.165, 1.54) is 18.2 Å². The molecular formula is C18H15Cl2NO4. The molecule has 0 saturated heterocycles. The third-order valence-corrected chi connectivity index (χ3v) is 4.04. The van der Waals surface area contributed by atoms with E-state index in [-0.39, 0.29) is 22.3 Å². The molecule has 2 aromatic carbocycles. The molecule has 0 heterocycles. The number of benzene rings is 2. The van der Waals surface area contributed by atoms with E-state index >= 15 is 0 Å². The third-order valence-electron chi connectivity index (χ3n) is 3.30. The summed E-state index contributed by atoms with van der Waals surface area (Å²) in [6.45, 7) is 1.34. The Morgan fingerprint density at radius 1 is 0.960 bits per heavy atom. The Kier molecular flexibility index (Phi) is 6.56. The van der Waals surface area contributed by atoms with E-state index in [0.717, 1.165) is 0 Å². The highest BCUT2D eigenvalue weighted by atomic mass is 35.5. The van der Waals surface area contributed by atoms with Crippen LogP contribution in [0.5, 0.6) is 0 Å². The van der Waals surface area contributed by atoms with Gasteiger partial charge in [0.05, 0.1) is 15.6 Å². The van der Waals surface area contributed by atoms with Gasteiger partial charge in [0.1, 0.15) is 0 Å². The molecule has 1 N–H and O–H groups in total. The Morgan fingerprint density at radius 2 is 1.60 bits per heavy atom. The number of esters is 1. The molecule has 0 fully saturated rings. The molecule has 2 rings (SSSR count). The van der Waals surface area contributed by atoms with Crippen LogP contribution in [0, 0.1) is 0 Å². The van der Waals surface area contributed by atoms with Crippen molar-refractivity contribution in [1.29, 1.82) is 0 Å². The van der Waals surface area contributed by atoms with Crippen LogP contribution in [0.15, 0.2) is 42.5 Å². The molecule has 0 saturated carbocycles. The molecule has 130 valence electrons. The highest BCUT2D eigenvalue weighted by Gasteiger charge is 2.13. The molecule has 0 atom stereocenters. The van der Waals surface area contributed by atoms with E-state index in [1.807, 2.05) is 0 Å². The zero-order valence-corrected chi connectivity index (χ0v) is 14.9. The van der Waals surface area contributed by atoms with Gasteiger partial charge in [-0.25, -0.2) is 4.79 Å². The van der Waals surface area contributed by atoms with Gasteiger partial charge in [0, 0.05) is 17.7 Å². The molecule has 0 radical (unpaired) electrons. The van der Waals surface area contributed by atoms with E-state index < -0.39 is 12.6 Å². The second-order valence-electron chi connectivity index (χ2n) is 5.11. The van der Waals surface area contributed by atoms with Crippen molar-refractivity contribution in [2.24, 2.45) is 0 Å². The van der Waals surface area contributed by atoms with Crippen molar-refractivity contribution in [3.05, 3.63) is 63.6 Å². The first-order valence-electron chi connectivity index (χ1n) is 7.46. The minimum atomic E-state index is -0.668. The van der Waals surface area contributed by atoms with Crippen molar-refractivity contribution < 1.29 is 19.1 Å². The fraction of sp³-hybridized carbons (Fsp3) is 0.167. The maximum absolute atomic E-state index is 12.1. The molecule has 0 bridgehead atoms. The van der Waals surface area contributed by atoms with Gasteiger partial charge in [0.25, 0.3) is 0 Å². The fourth-order valence-corrected chi connectivity index (χ4v) is 2.21. The van der Waals surface area contributed by atoms with Gasteiger partial charge in [-0.15, -0.1) is 0 Å². The second kappa shape index (κ2) is 8.65. The van der Waals surface area contributed by atoms with Gasteiger partial charge in [-0.1, -0.05) is 30.1 Å². The summed E-state index contributed by atoms with van der Waals surface area (Å²) in [4.78, 5) is 35.3. The predicted molar refractivity (Wildman–Crippen MR) is 96.4 cm³/mol. The van der Waals surface area contributed by atoms with Gasteiger partial charge in [-0.3, -0.25) is 9.59 Å². The van der Waals surface area contributed by atoms with Crippen LogP contribution in [0.25, 0.3) is 0 Å². The highest BCUT2D eigenvalue weighted by molar-refractivity contribution is 6.42. The summed E-state index contributed by atoms with van der Waals surface area (Å²) in [6, 6.07) is 10.7. The number of rotatable bonds is 6. The Morgan fingerprint density at radius 3 is 2.20 bits per heavy atom. The lowest BCUT2D eigenvalue weighted by atomic mass is 10.1. The second-order valence-corrected chi connectivity index (χ2v) is 5.92. The summed E-state index contributed by atoms with van der Waals surface area (Å²) in [5, 5.41) is 3.23. The number of amides is 1. The Labute approximate surface area is 154 Å². The topological polar surface area (TPSA) is 72.5 Å². The zero-order valence-electron chi connectivity index (χ0n) is 13.3. The first kappa shape index (κ1) is 19.0. The third kappa shape index (κ3) is 5.31. The summed E-state index contributed by atoms with van der Waals surface area (Å²) in [6.07, 6.45) is 0.366. The lowest BCUT2D eigenvalue weighted by molar-refractivity contribution is -0.115. The van der Waals surface area contributed by atoms with E-state index in [0.29, 0.717) is 22.7 Å². The smallest absolute Gasteiger partial charge is 0.338 e. The quantitative estimate of drug-likeness (QED) is 0.596. The summed E-state index contributed by atoms with van der Waals surface area (Å²) in [5.41, 5.74) is 1.17. The average molecular weight is 380 g/mol. The van der Waals surface area contributed by atoms with Crippen LogP contribution in [-0.2, 0) is 9.53 Å². The summed E-state index contributed by atoms with van der Waals surface area (Å²) >= 11 is 11.6. The predicted octanol–water partition coefficient (Wildman–Crippen LogP) is 4.38. The van der Waals surface area contributed by atoms with Crippen LogP contribution in [0.4, 0.5) is 5.69 Å². The van der Waals surface area contributed by atoms with E-state index in [2.05, 4.69) is 5.32 Å². The number of nitrogens with one attached hydrogen (secondary N) is 1. The van der Waals surface area contributed by atoms with Crippen molar-refractivity contribution in [1.82, 2.24) is 0 Å². The summed E-state index contributed by atoms with van der Waals surface area (Å²) < 4.78 is 4.99. The van der Waals surface area contributed by atoms with Crippen molar-refractivity contribution in [3.63, 3.8) is 0 Å². The molecule has 0 aliphatic carbocycles. The van der Waals surface area contributed by atoms with Crippen LogP contribution < -0.4 is 5.32 Å². The van der Waals surface area contributed by atoms with Crippen LogP contribution in [-0.4, -0.2) is 24.3 Å². The van der Waals surface area contributed by atoms with Crippen molar-refractivity contribution in [2.75, 3.05) is 11.9 Å². The van der Waals surface area contributed by atoms with Gasteiger partial charge in [0.2, 0.25) is 5.91 Å². The van der Waals surface area contributed by atoms with Gasteiger partial charge in [-0.05, 0) is 42.5 Å². The standard InChI is InChI=1S/C18H15Cl2NO4/c1-2-17(23)21-13-6-3-11(4-7-13)16(22)10-25-18(24)12-5-8-14(19)15(20)9-12/h3-9H,2,10H2,1H3,(H,21,23). The minimum Gasteiger partial charge on any atom is -0.454 e. The maximum Gasteiger partial charge on any atom is 0.338 e. The number of carbonyl (C=O) groups excluding carboxylic acids is 3. The molecule has 0 unspecified atom stereocenters. The molecule has 0 aliphatic rings. The Balaban J connectivity index is 1.94. The Bertz CT molecular complexity index is 803. The fourth-order valence-electron chi connectivity index (χ4n) is 1.91. The minimum absolute atomic E-state index is 0.116. The zero-order chi connectivity index (χ0) is 18.4. The van der Waals surface area contributed by atoms with E-state index in [1.54, 1.807) is 31.2 Å². The van der Waals surface area contributed by atoms with Crippen LogP contribution in [0.3, 0.4) is 0 Å². The lowest BCUT2D eigenvalue weighted by Gasteiger charge is -2.07. The molecule has 0 aliphatic heterocycles. The number of hydrogen-bond donors (Lipinski definition) is 1. The SMILES string of the molecule is CCC(=O)Nc1ccc(C(=O)COC(=O)c2ccc(Cl)c(Cl)c2)cc1. The maximum atomic E-state index is 12.1. The van der Waals surface area contributed by atoms with Crippen molar-refractivity contribution >= 4 is 46.5 Å². The van der Waals surface area contributed by atoms with Crippen LogP contribution >= 0.6 is 23.2 Å². The molecule has 0 aromatic heterocycles. The number of carbonyl (C=O) groups is 3. The molecule has 25 heavy (non-hydrogen) atoms. The Hall–Kier alpha value is -2.37. The molecule has 7 heteroatoms. The van der Waals surface area contributed by atoms with Gasteiger partial charge >= 0.3 is 5.97 Å². The number of ketones is 1. The highest BCUT2D eigenvalue weighted by Crippen LogP contribution is 2.23. The number of hydrogen-bond acceptors (Lipinski definition) is 4. The van der Waals surface area contributed by atoms with Gasteiger partial charge in [-0.2, -0.15) is 0 Å². The summed E-state index contributed by atoms with van der Waals surface area (Å²) in [7, 11) is 0. The van der Waals surface area contributed by atoms with Gasteiger partial charge < -0.3 is 10.1 Å². The van der Waals surface area contributed by atoms with Crippen LogP contribution in [0.2, 0.25) is 10.0 Å². The lowest BCUT2D eigenvalue weighted by Crippen LogP contribution is -2.14. The van der Waals surface area contributed by atoms with Crippen molar-refractivity contribution in [2.45, 2.75) is 13.3 Å². The number of ether oxygens (including phenoxy) is 1. The number of Topliss-reactive ketones (excluding diaryl/α,β-unsaturated/α-hetero) is 1.